The summed E-state index contributed by atoms with van der Waals surface area (Å²) in [5.74, 6) is -0.957. The van der Waals surface area contributed by atoms with Crippen LogP contribution in [0.3, 0.4) is 0 Å². The number of hydrogen-bond donors (Lipinski definition) is 1. The summed E-state index contributed by atoms with van der Waals surface area (Å²) in [6.45, 7) is 1.76. The molecule has 0 aromatic heterocycles. The van der Waals surface area contributed by atoms with E-state index >= 15 is 0 Å². The van der Waals surface area contributed by atoms with E-state index in [4.69, 9.17) is 5.73 Å². The van der Waals surface area contributed by atoms with E-state index in [9.17, 15) is 14.4 Å². The largest absolute Gasteiger partial charge is 0.326 e. The summed E-state index contributed by atoms with van der Waals surface area (Å²) in [6.07, 6.45) is 0.639. The Morgan fingerprint density at radius 3 is 2.68 bits per heavy atom. The summed E-state index contributed by atoms with van der Waals surface area (Å²) >= 11 is 0. The number of rotatable bonds is 3. The molecule has 2 N–H and O–H groups in total. The van der Waals surface area contributed by atoms with Crippen LogP contribution >= 0.6 is 0 Å². The van der Waals surface area contributed by atoms with Gasteiger partial charge in [0.15, 0.2) is 0 Å². The average Bonchev–Trinajstić information content (AvgIpc) is 2.37. The first kappa shape index (κ1) is 13.4. The highest BCUT2D eigenvalue weighted by Crippen LogP contribution is 2.29. The van der Waals surface area contributed by atoms with Crippen LogP contribution in [0.25, 0.3) is 0 Å². The number of nitrogens with zero attached hydrogens (tertiary/aromatic N) is 1. The number of amides is 2. The van der Waals surface area contributed by atoms with Crippen molar-refractivity contribution in [3.05, 3.63) is 29.3 Å². The van der Waals surface area contributed by atoms with Crippen molar-refractivity contribution < 1.29 is 14.4 Å². The summed E-state index contributed by atoms with van der Waals surface area (Å²) in [6, 6.07) is 5.44. The molecule has 0 unspecified atom stereocenters. The molecule has 0 saturated carbocycles. The van der Waals surface area contributed by atoms with Crippen molar-refractivity contribution in [2.75, 3.05) is 4.90 Å². The Kier molecular flexibility index (Phi) is 3.76. The number of hydrogen-bond acceptors (Lipinski definition) is 4. The maximum absolute atomic E-state index is 12.0. The molecule has 0 aliphatic carbocycles. The maximum atomic E-state index is 12.0. The van der Waals surface area contributed by atoms with E-state index in [0.717, 1.165) is 16.0 Å². The van der Waals surface area contributed by atoms with E-state index < -0.39 is 5.91 Å². The lowest BCUT2D eigenvalue weighted by atomic mass is 9.98. The molecule has 1 aliphatic heterocycles. The molecule has 5 heteroatoms. The molecule has 1 aliphatic rings. The number of imide groups is 1. The second-order valence-corrected chi connectivity index (χ2v) is 4.67. The molecule has 2 amide bonds. The van der Waals surface area contributed by atoms with Gasteiger partial charge in [0, 0.05) is 13.0 Å². The van der Waals surface area contributed by atoms with Gasteiger partial charge in [-0.2, -0.15) is 0 Å². The summed E-state index contributed by atoms with van der Waals surface area (Å²) in [4.78, 5) is 36.1. The van der Waals surface area contributed by atoms with Crippen LogP contribution in [0.4, 0.5) is 5.69 Å². The number of ketones is 1. The van der Waals surface area contributed by atoms with Crippen LogP contribution in [-0.2, 0) is 27.3 Å². The smallest absolute Gasteiger partial charge is 0.241 e. The van der Waals surface area contributed by atoms with E-state index in [-0.39, 0.29) is 24.5 Å². The fraction of sp³-hybridized carbons (Fsp3) is 0.357. The van der Waals surface area contributed by atoms with Crippen molar-refractivity contribution in [2.45, 2.75) is 32.7 Å². The highest BCUT2D eigenvalue weighted by atomic mass is 16.2. The standard InChI is InChI=1S/C14H16N2O3/c1-9(17)6-14(19)16-12-4-2-10(8-15)7-11(12)3-5-13(16)18/h2,4,7H,3,5-6,8,15H2,1H3. The van der Waals surface area contributed by atoms with Crippen molar-refractivity contribution in [1.29, 1.82) is 0 Å². The van der Waals surface area contributed by atoms with Gasteiger partial charge in [0.25, 0.3) is 0 Å². The van der Waals surface area contributed by atoms with Crippen molar-refractivity contribution in [3.8, 4) is 0 Å². The summed E-state index contributed by atoms with van der Waals surface area (Å²) in [5, 5.41) is 0. The van der Waals surface area contributed by atoms with Crippen LogP contribution in [0.5, 0.6) is 0 Å². The van der Waals surface area contributed by atoms with Gasteiger partial charge in [-0.05, 0) is 30.5 Å². The molecule has 0 saturated heterocycles. The summed E-state index contributed by atoms with van der Waals surface area (Å²) in [7, 11) is 0. The number of benzene rings is 1. The van der Waals surface area contributed by atoms with E-state index in [1.54, 1.807) is 12.1 Å². The topological polar surface area (TPSA) is 80.5 Å². The van der Waals surface area contributed by atoms with Gasteiger partial charge in [0.2, 0.25) is 11.8 Å². The molecule has 5 nitrogen and oxygen atoms in total. The first-order chi connectivity index (χ1) is 9.02. The molecule has 0 atom stereocenters. The third kappa shape index (κ3) is 2.71. The van der Waals surface area contributed by atoms with E-state index in [0.29, 0.717) is 18.7 Å². The zero-order chi connectivity index (χ0) is 14.0. The van der Waals surface area contributed by atoms with Gasteiger partial charge in [0.05, 0.1) is 12.1 Å². The third-order valence-electron chi connectivity index (χ3n) is 3.13. The van der Waals surface area contributed by atoms with Crippen LogP contribution in [0.15, 0.2) is 18.2 Å². The number of Topliss-reactive ketones (excluding diaryl/α,β-unsaturated/α-hetero) is 1. The third-order valence-corrected chi connectivity index (χ3v) is 3.13. The number of anilines is 1. The molecule has 100 valence electrons. The van der Waals surface area contributed by atoms with Crippen LogP contribution in [-0.4, -0.2) is 17.6 Å². The van der Waals surface area contributed by atoms with Crippen LogP contribution < -0.4 is 10.6 Å². The maximum Gasteiger partial charge on any atom is 0.241 e. The highest BCUT2D eigenvalue weighted by molar-refractivity contribution is 6.20. The molecular weight excluding hydrogens is 244 g/mol. The second-order valence-electron chi connectivity index (χ2n) is 4.67. The second kappa shape index (κ2) is 5.32. The SMILES string of the molecule is CC(=O)CC(=O)N1C(=O)CCc2cc(CN)ccc21. The summed E-state index contributed by atoms with van der Waals surface area (Å²) < 4.78 is 0. The monoisotopic (exact) mass is 260 g/mol. The van der Waals surface area contributed by atoms with Gasteiger partial charge < -0.3 is 5.73 Å². The van der Waals surface area contributed by atoms with Gasteiger partial charge in [0.1, 0.15) is 5.78 Å². The average molecular weight is 260 g/mol. The Morgan fingerprint density at radius 2 is 2.05 bits per heavy atom. The zero-order valence-corrected chi connectivity index (χ0v) is 10.8. The molecule has 19 heavy (non-hydrogen) atoms. The number of fused-ring (bicyclic) bond motifs is 1. The van der Waals surface area contributed by atoms with Gasteiger partial charge in [-0.15, -0.1) is 0 Å². The summed E-state index contributed by atoms with van der Waals surface area (Å²) in [5.41, 5.74) is 8.06. The van der Waals surface area contributed by atoms with Crippen molar-refractivity contribution in [3.63, 3.8) is 0 Å². The minimum Gasteiger partial charge on any atom is -0.326 e. The Labute approximate surface area is 111 Å². The predicted molar refractivity (Wildman–Crippen MR) is 70.4 cm³/mol. The van der Waals surface area contributed by atoms with Crippen LogP contribution in [0, 0.1) is 0 Å². The molecular formula is C14H16N2O3. The van der Waals surface area contributed by atoms with Crippen molar-refractivity contribution >= 4 is 23.3 Å². The molecule has 1 heterocycles. The van der Waals surface area contributed by atoms with Crippen LogP contribution in [0.1, 0.15) is 30.9 Å². The molecule has 0 radical (unpaired) electrons. The van der Waals surface area contributed by atoms with E-state index in [1.807, 2.05) is 6.07 Å². The minimum atomic E-state index is -0.459. The van der Waals surface area contributed by atoms with E-state index in [2.05, 4.69) is 0 Å². The van der Waals surface area contributed by atoms with Crippen molar-refractivity contribution in [1.82, 2.24) is 0 Å². The highest BCUT2D eigenvalue weighted by Gasteiger charge is 2.29. The van der Waals surface area contributed by atoms with Gasteiger partial charge in [-0.1, -0.05) is 12.1 Å². The molecule has 2 rings (SSSR count). The molecule has 1 aromatic carbocycles. The first-order valence-electron chi connectivity index (χ1n) is 6.20. The lowest BCUT2D eigenvalue weighted by Crippen LogP contribution is -2.41. The quantitative estimate of drug-likeness (QED) is 0.820. The number of nitrogens with two attached hydrogens (primary N) is 1. The minimum absolute atomic E-state index is 0.246. The number of carbonyl (C=O) groups excluding carboxylic acids is 3. The first-order valence-corrected chi connectivity index (χ1v) is 6.20. The molecule has 0 bridgehead atoms. The fourth-order valence-electron chi connectivity index (χ4n) is 2.24. The van der Waals surface area contributed by atoms with Gasteiger partial charge in [-0.25, -0.2) is 4.90 Å². The molecule has 1 aromatic rings. The zero-order valence-electron chi connectivity index (χ0n) is 10.8. The molecule has 0 fully saturated rings. The normalized spacial score (nSPS) is 14.2. The van der Waals surface area contributed by atoms with Crippen LogP contribution in [0.2, 0.25) is 0 Å². The fourth-order valence-corrected chi connectivity index (χ4v) is 2.24. The lowest BCUT2D eigenvalue weighted by Gasteiger charge is -2.28. The Bertz CT molecular complexity index is 552. The van der Waals surface area contributed by atoms with Gasteiger partial charge in [-0.3, -0.25) is 14.4 Å². The van der Waals surface area contributed by atoms with Gasteiger partial charge >= 0.3 is 0 Å². The predicted octanol–water partition coefficient (Wildman–Crippen LogP) is 0.930. The Morgan fingerprint density at radius 1 is 1.32 bits per heavy atom. The van der Waals surface area contributed by atoms with E-state index in [1.165, 1.54) is 6.92 Å². The Hall–Kier alpha value is -2.01. The Balaban J connectivity index is 2.38. The molecule has 0 spiro atoms. The number of aryl methyl sites for hydroxylation is 1. The van der Waals surface area contributed by atoms with Crippen molar-refractivity contribution in [2.24, 2.45) is 5.73 Å². The lowest BCUT2D eigenvalue weighted by molar-refractivity contribution is -0.129. The number of carbonyl (C=O) groups is 3.